The van der Waals surface area contributed by atoms with Crippen LogP contribution in [0.1, 0.15) is 0 Å². The van der Waals surface area contributed by atoms with Crippen molar-refractivity contribution in [2.24, 2.45) is 0 Å². The van der Waals surface area contributed by atoms with Gasteiger partial charge in [-0.1, -0.05) is 91.0 Å². The molecule has 11 aromatic rings. The van der Waals surface area contributed by atoms with Crippen molar-refractivity contribution in [2.45, 2.75) is 0 Å². The molecule has 0 unspecified atom stereocenters. The Labute approximate surface area is 297 Å². The van der Waals surface area contributed by atoms with Gasteiger partial charge in [0.25, 0.3) is 0 Å². The first-order chi connectivity index (χ1) is 25.3. The molecule has 4 aromatic heterocycles. The minimum Gasteiger partial charge on any atom is -0.309 e. The Kier molecular flexibility index (Phi) is 6.09. The molecule has 51 heavy (non-hydrogen) atoms. The van der Waals surface area contributed by atoms with Crippen molar-refractivity contribution in [1.82, 2.24) is 19.1 Å². The summed E-state index contributed by atoms with van der Waals surface area (Å²) in [7, 11) is 0. The predicted octanol–water partition coefficient (Wildman–Crippen LogP) is 12.4. The fraction of sp³-hybridized carbons (Fsp3) is 0. The van der Waals surface area contributed by atoms with Gasteiger partial charge < -0.3 is 9.13 Å². The molecule has 0 aliphatic rings. The van der Waals surface area contributed by atoms with E-state index in [0.717, 1.165) is 32.7 Å². The Hall–Kier alpha value is -6.56. The summed E-state index contributed by atoms with van der Waals surface area (Å²) in [6.07, 6.45) is 1.93. The maximum atomic E-state index is 5.19. The van der Waals surface area contributed by atoms with Crippen LogP contribution in [0.15, 0.2) is 170 Å². The van der Waals surface area contributed by atoms with Crippen LogP contribution < -0.4 is 0 Å². The van der Waals surface area contributed by atoms with Crippen LogP contribution in [0.2, 0.25) is 0 Å². The topological polar surface area (TPSA) is 35.6 Å². The van der Waals surface area contributed by atoms with Gasteiger partial charge in [-0.15, -0.1) is 11.3 Å². The smallest absolute Gasteiger partial charge is 0.143 e. The number of hydrogen-bond acceptors (Lipinski definition) is 3. The molecule has 0 atom stereocenters. The summed E-state index contributed by atoms with van der Waals surface area (Å²) < 4.78 is 5.89. The highest BCUT2D eigenvalue weighted by Crippen LogP contribution is 2.39. The zero-order valence-electron chi connectivity index (χ0n) is 27.4. The van der Waals surface area contributed by atoms with E-state index in [0.29, 0.717) is 0 Å². The summed E-state index contributed by atoms with van der Waals surface area (Å²) in [4.78, 5) is 11.2. The molecule has 0 fully saturated rings. The van der Waals surface area contributed by atoms with E-state index in [4.69, 9.17) is 9.97 Å². The van der Waals surface area contributed by atoms with E-state index < -0.39 is 0 Å². The fourth-order valence-electron chi connectivity index (χ4n) is 7.85. The Morgan fingerprint density at radius 2 is 0.902 bits per heavy atom. The van der Waals surface area contributed by atoms with Gasteiger partial charge in [0.15, 0.2) is 0 Å². The van der Waals surface area contributed by atoms with Crippen molar-refractivity contribution in [2.75, 3.05) is 0 Å². The second-order valence-corrected chi connectivity index (χ2v) is 14.1. The number of para-hydroxylation sites is 4. The van der Waals surface area contributed by atoms with Crippen molar-refractivity contribution in [3.8, 4) is 33.8 Å². The van der Waals surface area contributed by atoms with Crippen molar-refractivity contribution in [3.63, 3.8) is 0 Å². The van der Waals surface area contributed by atoms with E-state index in [2.05, 4.69) is 173 Å². The molecule has 5 heteroatoms. The van der Waals surface area contributed by atoms with Crippen molar-refractivity contribution in [3.05, 3.63) is 170 Å². The highest BCUT2D eigenvalue weighted by atomic mass is 32.1. The Bertz CT molecular complexity index is 3130. The normalized spacial score (nSPS) is 11.9. The molecule has 4 nitrogen and oxygen atoms in total. The molecule has 0 aliphatic carbocycles. The van der Waals surface area contributed by atoms with Gasteiger partial charge in [-0.3, -0.25) is 4.98 Å². The molecule has 238 valence electrons. The second kappa shape index (κ2) is 11.0. The van der Waals surface area contributed by atoms with Gasteiger partial charge in [0.05, 0.1) is 34.0 Å². The van der Waals surface area contributed by atoms with Crippen molar-refractivity contribution >= 4 is 75.4 Å². The SMILES string of the molecule is c1ccc(-n2c3ccccc3c3cc(-c4ccc5sc6nc(-c7ccc8c(c7)c7ccccc7n8-c7ccccc7)cnc6c5c4)ccc32)cc1. The number of thiophene rings is 1. The average molecular weight is 669 g/mol. The third kappa shape index (κ3) is 4.32. The van der Waals surface area contributed by atoms with Crippen LogP contribution in [0.3, 0.4) is 0 Å². The number of nitrogens with zero attached hydrogens (tertiary/aromatic N) is 4. The third-order valence-electron chi connectivity index (χ3n) is 10.2. The third-order valence-corrected chi connectivity index (χ3v) is 11.2. The average Bonchev–Trinajstić information content (AvgIpc) is 3.85. The van der Waals surface area contributed by atoms with Gasteiger partial charge in [0, 0.05) is 48.6 Å². The highest BCUT2D eigenvalue weighted by molar-refractivity contribution is 7.25. The lowest BCUT2D eigenvalue weighted by molar-refractivity contribution is 1.18. The summed E-state index contributed by atoms with van der Waals surface area (Å²) in [5, 5.41) is 6.07. The molecule has 4 heterocycles. The van der Waals surface area contributed by atoms with Crippen LogP contribution in [-0.2, 0) is 0 Å². The van der Waals surface area contributed by atoms with Gasteiger partial charge in [-0.25, -0.2) is 4.98 Å². The molecule has 11 rings (SSSR count). The van der Waals surface area contributed by atoms with Gasteiger partial charge in [-0.05, 0) is 83.9 Å². The molecular formula is C46H28N4S. The number of fused-ring (bicyclic) bond motifs is 9. The molecule has 7 aromatic carbocycles. The van der Waals surface area contributed by atoms with Crippen LogP contribution in [0.5, 0.6) is 0 Å². The lowest BCUT2D eigenvalue weighted by Crippen LogP contribution is -1.93. The number of aromatic nitrogens is 4. The van der Waals surface area contributed by atoms with E-state index in [1.54, 1.807) is 11.3 Å². The maximum absolute atomic E-state index is 5.19. The van der Waals surface area contributed by atoms with Crippen LogP contribution >= 0.6 is 11.3 Å². The molecule has 0 saturated carbocycles. The summed E-state index contributed by atoms with van der Waals surface area (Å²) in [5.74, 6) is 0. The minimum atomic E-state index is 0.882. The van der Waals surface area contributed by atoms with E-state index in [9.17, 15) is 0 Å². The van der Waals surface area contributed by atoms with E-state index in [1.807, 2.05) is 6.20 Å². The predicted molar refractivity (Wildman–Crippen MR) is 214 cm³/mol. The minimum absolute atomic E-state index is 0.882. The first kappa shape index (κ1) is 28.3. The molecular weight excluding hydrogens is 641 g/mol. The summed E-state index contributed by atoms with van der Waals surface area (Å²) in [6, 6.07) is 58.7. The van der Waals surface area contributed by atoms with Gasteiger partial charge >= 0.3 is 0 Å². The van der Waals surface area contributed by atoms with Gasteiger partial charge in [0.1, 0.15) is 10.3 Å². The molecule has 0 N–H and O–H groups in total. The van der Waals surface area contributed by atoms with Crippen molar-refractivity contribution in [1.29, 1.82) is 0 Å². The first-order valence-electron chi connectivity index (χ1n) is 17.2. The van der Waals surface area contributed by atoms with Crippen LogP contribution in [-0.4, -0.2) is 19.1 Å². The number of benzene rings is 7. The van der Waals surface area contributed by atoms with Crippen molar-refractivity contribution < 1.29 is 0 Å². The zero-order chi connectivity index (χ0) is 33.5. The highest BCUT2D eigenvalue weighted by Gasteiger charge is 2.17. The molecule has 0 bridgehead atoms. The Morgan fingerprint density at radius 1 is 0.412 bits per heavy atom. The Morgan fingerprint density at radius 3 is 1.53 bits per heavy atom. The molecule has 0 spiro atoms. The molecule has 0 saturated heterocycles. The Balaban J connectivity index is 1.01. The maximum Gasteiger partial charge on any atom is 0.143 e. The van der Waals surface area contributed by atoms with Crippen LogP contribution in [0, 0.1) is 0 Å². The fourth-order valence-corrected chi connectivity index (χ4v) is 8.86. The van der Waals surface area contributed by atoms with E-state index >= 15 is 0 Å². The van der Waals surface area contributed by atoms with E-state index in [-0.39, 0.29) is 0 Å². The standard InChI is InChI=1S/C46H28N4S/c1-3-11-32(12-4-1)49-40-17-9-7-15-34(40)36-25-29(19-22-42(36)49)30-21-24-44-38(26-30)45-46(51-44)48-39(28-47-45)31-20-23-43-37(27-31)35-16-8-10-18-41(35)50(43)33-13-5-2-6-14-33/h1-28H. The first-order valence-corrected chi connectivity index (χ1v) is 18.0. The molecule has 0 aliphatic heterocycles. The monoisotopic (exact) mass is 668 g/mol. The largest absolute Gasteiger partial charge is 0.309 e. The molecule has 0 amide bonds. The van der Waals surface area contributed by atoms with Gasteiger partial charge in [-0.2, -0.15) is 0 Å². The van der Waals surface area contributed by atoms with Gasteiger partial charge in [0.2, 0.25) is 0 Å². The lowest BCUT2D eigenvalue weighted by atomic mass is 10.0. The zero-order valence-corrected chi connectivity index (χ0v) is 28.2. The summed E-state index contributed by atoms with van der Waals surface area (Å²) >= 11 is 1.71. The lowest BCUT2D eigenvalue weighted by Gasteiger charge is -2.08. The molecule has 0 radical (unpaired) electrons. The van der Waals surface area contributed by atoms with Crippen LogP contribution in [0.25, 0.3) is 97.8 Å². The quantitative estimate of drug-likeness (QED) is 0.187. The van der Waals surface area contributed by atoms with Crippen LogP contribution in [0.4, 0.5) is 0 Å². The summed E-state index contributed by atoms with van der Waals surface area (Å²) in [5.41, 5.74) is 12.4. The second-order valence-electron chi connectivity index (χ2n) is 13.1. The summed E-state index contributed by atoms with van der Waals surface area (Å²) in [6.45, 7) is 0. The number of hydrogen-bond donors (Lipinski definition) is 0. The number of rotatable bonds is 4. The van der Waals surface area contributed by atoms with E-state index in [1.165, 1.54) is 65.1 Å².